The maximum atomic E-state index is 5.68. The van der Waals surface area contributed by atoms with E-state index in [1.54, 1.807) is 0 Å². The summed E-state index contributed by atoms with van der Waals surface area (Å²) in [5.41, 5.74) is 2.29. The van der Waals surface area contributed by atoms with Crippen LogP contribution in [0, 0.1) is 6.92 Å². The highest BCUT2D eigenvalue weighted by molar-refractivity contribution is 5.26. The Balaban J connectivity index is 2.01. The van der Waals surface area contributed by atoms with Crippen molar-refractivity contribution in [2.24, 2.45) is 0 Å². The Bertz CT molecular complexity index is 581. The van der Waals surface area contributed by atoms with Crippen LogP contribution in [-0.4, -0.2) is 47.3 Å². The van der Waals surface area contributed by atoms with Crippen LogP contribution in [0.4, 0.5) is 6.01 Å². The molecule has 0 aliphatic carbocycles. The molecular formula is C15H23N5O. The minimum atomic E-state index is 0.229. The van der Waals surface area contributed by atoms with Crippen LogP contribution in [0.25, 0.3) is 0 Å². The highest BCUT2D eigenvalue weighted by Crippen LogP contribution is 2.16. The van der Waals surface area contributed by atoms with Gasteiger partial charge in [-0.25, -0.2) is 0 Å². The third-order valence-corrected chi connectivity index (χ3v) is 3.35. The van der Waals surface area contributed by atoms with E-state index in [2.05, 4.69) is 35.1 Å². The monoisotopic (exact) mass is 289 g/mol. The van der Waals surface area contributed by atoms with Gasteiger partial charge in [0.2, 0.25) is 5.89 Å². The fourth-order valence-electron chi connectivity index (χ4n) is 2.06. The van der Waals surface area contributed by atoms with E-state index in [9.17, 15) is 0 Å². The highest BCUT2D eigenvalue weighted by Gasteiger charge is 2.17. The smallest absolute Gasteiger partial charge is 0.318 e. The van der Waals surface area contributed by atoms with Gasteiger partial charge in [-0.1, -0.05) is 5.10 Å². The molecule has 0 spiro atoms. The molecule has 0 saturated heterocycles. The van der Waals surface area contributed by atoms with Crippen molar-refractivity contribution in [3.63, 3.8) is 0 Å². The van der Waals surface area contributed by atoms with Gasteiger partial charge in [-0.2, -0.15) is 0 Å². The molecule has 2 rings (SSSR count). The average Bonchev–Trinajstić information content (AvgIpc) is 2.85. The summed E-state index contributed by atoms with van der Waals surface area (Å²) in [5.74, 6) is 0.628. The number of hydrogen-bond donors (Lipinski definition) is 0. The standard InChI is InChI=1S/C15H23N5O/c1-11-6-7-16-13(8-11)9-12(2)20(5)15-18-17-14(21-15)10-19(3)4/h6-8,12H,9-10H2,1-5H3. The van der Waals surface area contributed by atoms with E-state index in [-0.39, 0.29) is 6.04 Å². The molecule has 2 aromatic heterocycles. The van der Waals surface area contributed by atoms with Gasteiger partial charge in [0.1, 0.15) is 0 Å². The van der Waals surface area contributed by atoms with Crippen LogP contribution >= 0.6 is 0 Å². The summed E-state index contributed by atoms with van der Waals surface area (Å²) in [6.45, 7) is 4.85. The average molecular weight is 289 g/mol. The van der Waals surface area contributed by atoms with Crippen LogP contribution in [0.2, 0.25) is 0 Å². The summed E-state index contributed by atoms with van der Waals surface area (Å²) in [6.07, 6.45) is 2.68. The molecule has 0 N–H and O–H groups in total. The molecule has 0 aliphatic heterocycles. The van der Waals surface area contributed by atoms with E-state index in [0.717, 1.165) is 12.1 Å². The van der Waals surface area contributed by atoms with Gasteiger partial charge in [-0.05, 0) is 45.6 Å². The van der Waals surface area contributed by atoms with Crippen LogP contribution in [0.1, 0.15) is 24.1 Å². The van der Waals surface area contributed by atoms with Crippen molar-refractivity contribution in [2.75, 3.05) is 26.0 Å². The van der Waals surface area contributed by atoms with Gasteiger partial charge in [-0.3, -0.25) is 4.98 Å². The molecule has 0 bridgehead atoms. The van der Waals surface area contributed by atoms with Gasteiger partial charge in [0.05, 0.1) is 6.54 Å². The summed E-state index contributed by atoms with van der Waals surface area (Å²) in [5, 5.41) is 8.18. The normalized spacial score (nSPS) is 12.7. The molecule has 0 aromatic carbocycles. The lowest BCUT2D eigenvalue weighted by Gasteiger charge is -2.22. The van der Waals surface area contributed by atoms with Crippen molar-refractivity contribution in [2.45, 2.75) is 32.9 Å². The predicted octanol–water partition coefficient (Wildman–Crippen LogP) is 1.90. The van der Waals surface area contributed by atoms with Crippen molar-refractivity contribution in [1.82, 2.24) is 20.1 Å². The van der Waals surface area contributed by atoms with E-state index < -0.39 is 0 Å². The van der Waals surface area contributed by atoms with Gasteiger partial charge in [0.15, 0.2) is 0 Å². The van der Waals surface area contributed by atoms with E-state index in [4.69, 9.17) is 4.42 Å². The maximum Gasteiger partial charge on any atom is 0.318 e. The molecule has 6 heteroatoms. The number of hydrogen-bond acceptors (Lipinski definition) is 6. The van der Waals surface area contributed by atoms with Gasteiger partial charge in [0.25, 0.3) is 0 Å². The zero-order valence-corrected chi connectivity index (χ0v) is 13.4. The fourth-order valence-corrected chi connectivity index (χ4v) is 2.06. The Labute approximate surface area is 125 Å². The van der Waals surface area contributed by atoms with E-state index in [0.29, 0.717) is 18.5 Å². The Morgan fingerprint density at radius 3 is 2.67 bits per heavy atom. The molecule has 0 saturated carbocycles. The lowest BCUT2D eigenvalue weighted by atomic mass is 10.1. The molecule has 0 amide bonds. The third-order valence-electron chi connectivity index (χ3n) is 3.35. The second kappa shape index (κ2) is 6.67. The first-order valence-electron chi connectivity index (χ1n) is 7.07. The summed E-state index contributed by atoms with van der Waals surface area (Å²) >= 11 is 0. The molecule has 114 valence electrons. The molecule has 0 radical (unpaired) electrons. The number of nitrogens with zero attached hydrogens (tertiary/aromatic N) is 5. The largest absolute Gasteiger partial charge is 0.407 e. The van der Waals surface area contributed by atoms with Crippen molar-refractivity contribution >= 4 is 6.01 Å². The Hall–Kier alpha value is -1.95. The van der Waals surface area contributed by atoms with Gasteiger partial charge in [-0.15, -0.1) is 5.10 Å². The van der Waals surface area contributed by atoms with Gasteiger partial charge < -0.3 is 14.2 Å². The Morgan fingerprint density at radius 2 is 2.00 bits per heavy atom. The number of anilines is 1. The number of aromatic nitrogens is 3. The number of aryl methyl sites for hydroxylation is 1. The minimum absolute atomic E-state index is 0.229. The van der Waals surface area contributed by atoms with Crippen LogP contribution < -0.4 is 4.90 Å². The number of rotatable bonds is 6. The molecule has 0 aliphatic rings. The summed E-state index contributed by atoms with van der Waals surface area (Å²) < 4.78 is 5.68. The Morgan fingerprint density at radius 1 is 1.24 bits per heavy atom. The SMILES string of the molecule is Cc1ccnc(CC(C)N(C)c2nnc(CN(C)C)o2)c1. The van der Waals surface area contributed by atoms with Crippen LogP contribution in [0.15, 0.2) is 22.7 Å². The van der Waals surface area contributed by atoms with Crippen molar-refractivity contribution in [1.29, 1.82) is 0 Å². The molecule has 21 heavy (non-hydrogen) atoms. The van der Waals surface area contributed by atoms with E-state index in [1.807, 2.05) is 43.2 Å². The van der Waals surface area contributed by atoms with E-state index in [1.165, 1.54) is 5.56 Å². The minimum Gasteiger partial charge on any atom is -0.407 e. The molecule has 0 fully saturated rings. The van der Waals surface area contributed by atoms with Crippen LogP contribution in [0.3, 0.4) is 0 Å². The van der Waals surface area contributed by atoms with Crippen molar-refractivity contribution in [3.05, 3.63) is 35.5 Å². The van der Waals surface area contributed by atoms with Gasteiger partial charge >= 0.3 is 6.01 Å². The second-order valence-corrected chi connectivity index (χ2v) is 5.70. The molecule has 2 heterocycles. The number of likely N-dealkylation sites (N-methyl/N-ethyl adjacent to an activating group) is 1. The first-order chi connectivity index (χ1) is 9.95. The zero-order chi connectivity index (χ0) is 15.4. The van der Waals surface area contributed by atoms with Crippen LogP contribution in [-0.2, 0) is 13.0 Å². The number of pyridine rings is 1. The topological polar surface area (TPSA) is 58.3 Å². The van der Waals surface area contributed by atoms with Crippen molar-refractivity contribution < 1.29 is 4.42 Å². The molecule has 2 aromatic rings. The Kier molecular flexibility index (Phi) is 4.90. The highest BCUT2D eigenvalue weighted by atomic mass is 16.4. The van der Waals surface area contributed by atoms with Crippen LogP contribution in [0.5, 0.6) is 0 Å². The summed E-state index contributed by atoms with van der Waals surface area (Å²) in [4.78, 5) is 8.39. The zero-order valence-electron chi connectivity index (χ0n) is 13.4. The van der Waals surface area contributed by atoms with Gasteiger partial charge in [0, 0.05) is 31.4 Å². The first kappa shape index (κ1) is 15.4. The third kappa shape index (κ3) is 4.26. The molecule has 1 atom stereocenters. The lowest BCUT2D eigenvalue weighted by molar-refractivity contribution is 0.341. The summed E-state index contributed by atoms with van der Waals surface area (Å²) in [6, 6.07) is 4.89. The fraction of sp³-hybridized carbons (Fsp3) is 0.533. The lowest BCUT2D eigenvalue weighted by Crippen LogP contribution is -2.31. The quantitative estimate of drug-likeness (QED) is 0.809. The maximum absolute atomic E-state index is 5.68. The molecule has 6 nitrogen and oxygen atoms in total. The van der Waals surface area contributed by atoms with E-state index >= 15 is 0 Å². The molecule has 1 unspecified atom stereocenters. The summed E-state index contributed by atoms with van der Waals surface area (Å²) in [7, 11) is 5.91. The molecular weight excluding hydrogens is 266 g/mol. The second-order valence-electron chi connectivity index (χ2n) is 5.70. The van der Waals surface area contributed by atoms with Crippen molar-refractivity contribution in [3.8, 4) is 0 Å². The first-order valence-corrected chi connectivity index (χ1v) is 7.07. The predicted molar refractivity (Wildman–Crippen MR) is 82.2 cm³/mol.